The Balaban J connectivity index is 1.85. The number of hydrogen-bond acceptors (Lipinski definition) is 3. The van der Waals surface area contributed by atoms with Crippen molar-refractivity contribution in [3.05, 3.63) is 82.9 Å². The molecular formula is C28H31N3. The van der Waals surface area contributed by atoms with Gasteiger partial charge in [0, 0.05) is 23.9 Å². The van der Waals surface area contributed by atoms with E-state index in [1.807, 2.05) is 12.1 Å². The quantitative estimate of drug-likeness (QED) is 0.446. The second-order valence-corrected chi connectivity index (χ2v) is 10.3. The van der Waals surface area contributed by atoms with Crippen LogP contribution in [0.1, 0.15) is 62.8 Å². The summed E-state index contributed by atoms with van der Waals surface area (Å²) in [4.78, 5) is 7.50. The number of nitrogens with zero attached hydrogens (tertiary/aromatic N) is 2. The lowest BCUT2D eigenvalue weighted by Crippen LogP contribution is -2.34. The third kappa shape index (κ3) is 3.15. The molecule has 5 rings (SSSR count). The minimum absolute atomic E-state index is 0.143. The van der Waals surface area contributed by atoms with E-state index in [9.17, 15) is 0 Å². The van der Waals surface area contributed by atoms with Gasteiger partial charge >= 0.3 is 0 Å². The van der Waals surface area contributed by atoms with E-state index < -0.39 is 0 Å². The Kier molecular flexibility index (Phi) is 4.30. The lowest BCUT2D eigenvalue weighted by atomic mass is 9.62. The van der Waals surface area contributed by atoms with Crippen molar-refractivity contribution in [3.63, 3.8) is 0 Å². The molecule has 158 valence electrons. The number of rotatable bonds is 1. The molecule has 0 saturated carbocycles. The van der Waals surface area contributed by atoms with Gasteiger partial charge in [-0.1, -0.05) is 52.0 Å². The van der Waals surface area contributed by atoms with Crippen molar-refractivity contribution < 1.29 is 0 Å². The summed E-state index contributed by atoms with van der Waals surface area (Å²) in [5.74, 6) is 0. The number of nitrogen functional groups attached to an aromatic ring is 1. The summed E-state index contributed by atoms with van der Waals surface area (Å²) in [6.07, 6.45) is 2.39. The number of nitrogens with two attached hydrogens (primary N) is 1. The fourth-order valence-electron chi connectivity index (χ4n) is 5.08. The second-order valence-electron chi connectivity index (χ2n) is 10.3. The van der Waals surface area contributed by atoms with Crippen LogP contribution >= 0.6 is 0 Å². The highest BCUT2D eigenvalue weighted by Crippen LogP contribution is 2.49. The van der Waals surface area contributed by atoms with E-state index in [0.717, 1.165) is 28.3 Å². The number of anilines is 3. The van der Waals surface area contributed by atoms with Crippen LogP contribution in [0.2, 0.25) is 0 Å². The SMILES string of the molecule is CN1c2ccccc2N=C(c2ccc(N)cc2)c2cc3c(cc21)C(C)(C)CCC3(C)C. The molecule has 3 heteroatoms. The van der Waals surface area contributed by atoms with Gasteiger partial charge in [-0.3, -0.25) is 0 Å². The van der Waals surface area contributed by atoms with E-state index in [4.69, 9.17) is 10.7 Å². The average molecular weight is 410 g/mol. The predicted molar refractivity (Wildman–Crippen MR) is 132 cm³/mol. The molecule has 3 nitrogen and oxygen atoms in total. The molecule has 31 heavy (non-hydrogen) atoms. The molecule has 0 fully saturated rings. The van der Waals surface area contributed by atoms with Gasteiger partial charge in [0.25, 0.3) is 0 Å². The third-order valence-electron chi connectivity index (χ3n) is 7.25. The summed E-state index contributed by atoms with van der Waals surface area (Å²) in [6, 6.07) is 21.3. The molecule has 0 saturated heterocycles. The van der Waals surface area contributed by atoms with Crippen LogP contribution in [0.15, 0.2) is 65.7 Å². The summed E-state index contributed by atoms with van der Waals surface area (Å²) in [5.41, 5.74) is 16.6. The lowest BCUT2D eigenvalue weighted by Gasteiger charge is -2.43. The maximum absolute atomic E-state index is 5.99. The molecule has 0 atom stereocenters. The highest BCUT2D eigenvalue weighted by Gasteiger charge is 2.39. The molecule has 1 aliphatic carbocycles. The van der Waals surface area contributed by atoms with E-state index in [2.05, 4.69) is 88.2 Å². The summed E-state index contributed by atoms with van der Waals surface area (Å²) in [5, 5.41) is 0. The van der Waals surface area contributed by atoms with Crippen LogP contribution in [-0.2, 0) is 10.8 Å². The van der Waals surface area contributed by atoms with Gasteiger partial charge in [0.1, 0.15) is 0 Å². The zero-order valence-electron chi connectivity index (χ0n) is 19.2. The van der Waals surface area contributed by atoms with Gasteiger partial charge in [0.15, 0.2) is 0 Å². The molecule has 2 aliphatic rings. The Labute approximate surface area is 185 Å². The van der Waals surface area contributed by atoms with Crippen molar-refractivity contribution in [1.82, 2.24) is 0 Å². The maximum Gasteiger partial charge on any atom is 0.0874 e. The van der Waals surface area contributed by atoms with Crippen molar-refractivity contribution in [2.45, 2.75) is 51.4 Å². The second kappa shape index (κ2) is 6.71. The Morgan fingerprint density at radius 2 is 1.42 bits per heavy atom. The van der Waals surface area contributed by atoms with E-state index in [1.165, 1.54) is 35.2 Å². The number of hydrogen-bond donors (Lipinski definition) is 1. The van der Waals surface area contributed by atoms with Crippen LogP contribution in [-0.4, -0.2) is 12.8 Å². The van der Waals surface area contributed by atoms with Crippen LogP contribution in [0, 0.1) is 0 Å². The van der Waals surface area contributed by atoms with Gasteiger partial charge in [-0.15, -0.1) is 0 Å². The van der Waals surface area contributed by atoms with Gasteiger partial charge in [0.05, 0.1) is 22.8 Å². The minimum atomic E-state index is 0.143. The van der Waals surface area contributed by atoms with E-state index in [0.29, 0.717) is 0 Å². The molecule has 1 aliphatic heterocycles. The van der Waals surface area contributed by atoms with Gasteiger partial charge in [-0.25, -0.2) is 4.99 Å². The molecular weight excluding hydrogens is 378 g/mol. The number of benzene rings is 3. The van der Waals surface area contributed by atoms with Gasteiger partial charge in [0.2, 0.25) is 0 Å². The van der Waals surface area contributed by atoms with Gasteiger partial charge < -0.3 is 10.6 Å². The predicted octanol–water partition coefficient (Wildman–Crippen LogP) is 6.87. The van der Waals surface area contributed by atoms with Crippen LogP contribution in [0.5, 0.6) is 0 Å². The lowest BCUT2D eigenvalue weighted by molar-refractivity contribution is 0.332. The normalized spacial score (nSPS) is 18.4. The number of fused-ring (bicyclic) bond motifs is 3. The smallest absolute Gasteiger partial charge is 0.0874 e. The summed E-state index contributed by atoms with van der Waals surface area (Å²) >= 11 is 0. The monoisotopic (exact) mass is 409 g/mol. The fourth-order valence-corrected chi connectivity index (χ4v) is 5.08. The largest absolute Gasteiger partial charge is 0.399 e. The third-order valence-corrected chi connectivity index (χ3v) is 7.25. The fraction of sp³-hybridized carbons (Fsp3) is 0.321. The molecule has 3 aromatic carbocycles. The van der Waals surface area contributed by atoms with E-state index >= 15 is 0 Å². The first-order valence-corrected chi connectivity index (χ1v) is 11.1. The van der Waals surface area contributed by atoms with Crippen molar-refractivity contribution >= 4 is 28.5 Å². The minimum Gasteiger partial charge on any atom is -0.399 e. The first kappa shape index (κ1) is 19.9. The molecule has 0 radical (unpaired) electrons. The van der Waals surface area contributed by atoms with E-state index in [1.54, 1.807) is 0 Å². The molecule has 2 N–H and O–H groups in total. The number of para-hydroxylation sites is 2. The van der Waals surface area contributed by atoms with Crippen molar-refractivity contribution in [3.8, 4) is 0 Å². The summed E-state index contributed by atoms with van der Waals surface area (Å²) in [7, 11) is 2.16. The Morgan fingerprint density at radius 1 is 0.806 bits per heavy atom. The maximum atomic E-state index is 5.99. The Morgan fingerprint density at radius 3 is 2.10 bits per heavy atom. The molecule has 3 aromatic rings. The molecule has 0 aromatic heterocycles. The topological polar surface area (TPSA) is 41.6 Å². The molecule has 1 heterocycles. The number of aliphatic imine (C=N–C) groups is 1. The summed E-state index contributed by atoms with van der Waals surface area (Å²) in [6.45, 7) is 9.52. The van der Waals surface area contributed by atoms with E-state index in [-0.39, 0.29) is 10.8 Å². The zero-order chi connectivity index (χ0) is 22.0. The molecule has 0 bridgehead atoms. The summed E-state index contributed by atoms with van der Waals surface area (Å²) < 4.78 is 0. The first-order valence-electron chi connectivity index (χ1n) is 11.1. The Hall–Kier alpha value is -3.07. The highest BCUT2D eigenvalue weighted by atomic mass is 15.1. The van der Waals surface area contributed by atoms with Crippen LogP contribution in [0.25, 0.3) is 0 Å². The van der Waals surface area contributed by atoms with Crippen molar-refractivity contribution in [2.24, 2.45) is 4.99 Å². The first-order chi connectivity index (χ1) is 14.7. The van der Waals surface area contributed by atoms with Crippen molar-refractivity contribution in [1.29, 1.82) is 0 Å². The molecule has 0 spiro atoms. The Bertz CT molecular complexity index is 1200. The average Bonchev–Trinajstić information content (AvgIpc) is 2.86. The molecule has 0 unspecified atom stereocenters. The van der Waals surface area contributed by atoms with Crippen LogP contribution in [0.3, 0.4) is 0 Å². The van der Waals surface area contributed by atoms with Gasteiger partial charge in [-0.2, -0.15) is 0 Å². The van der Waals surface area contributed by atoms with Gasteiger partial charge in [-0.05, 0) is 71.2 Å². The molecule has 0 amide bonds. The highest BCUT2D eigenvalue weighted by molar-refractivity contribution is 6.19. The zero-order valence-corrected chi connectivity index (χ0v) is 19.2. The van der Waals surface area contributed by atoms with Crippen LogP contribution in [0.4, 0.5) is 22.7 Å². The van der Waals surface area contributed by atoms with Crippen LogP contribution < -0.4 is 10.6 Å². The van der Waals surface area contributed by atoms with Crippen molar-refractivity contribution in [2.75, 3.05) is 17.7 Å². The standard InChI is InChI=1S/C28H31N3/c1-27(2)14-15-28(3,4)22-17-25-20(16-21(22)27)26(18-10-12-19(29)13-11-18)30-23-8-6-7-9-24(23)31(25)5/h6-13,16-17H,14-15,29H2,1-5H3.